The van der Waals surface area contributed by atoms with Gasteiger partial charge in [-0.3, -0.25) is 4.79 Å². The van der Waals surface area contributed by atoms with E-state index in [1.54, 1.807) is 6.92 Å². The predicted octanol–water partition coefficient (Wildman–Crippen LogP) is 2.66. The molecule has 0 radical (unpaired) electrons. The van der Waals surface area contributed by atoms with Gasteiger partial charge in [0.15, 0.2) is 0 Å². The first-order valence-corrected chi connectivity index (χ1v) is 7.95. The molecule has 0 aliphatic heterocycles. The molecule has 1 aliphatic rings. The van der Waals surface area contributed by atoms with Gasteiger partial charge in [0.1, 0.15) is 12.6 Å². The van der Waals surface area contributed by atoms with E-state index in [1.165, 1.54) is 18.2 Å². The number of carbonyl (C=O) groups is 2. The van der Waals surface area contributed by atoms with E-state index in [-0.39, 0.29) is 18.4 Å². The third-order valence-corrected chi connectivity index (χ3v) is 4.32. The lowest BCUT2D eigenvalue weighted by Crippen LogP contribution is -2.44. The lowest BCUT2D eigenvalue weighted by molar-refractivity contribution is -0.122. The Morgan fingerprint density at radius 1 is 1.04 bits per heavy atom. The number of hydrogen-bond acceptors (Lipinski definition) is 3. The Hall–Kier alpha value is -2.82. The van der Waals surface area contributed by atoms with Gasteiger partial charge in [-0.25, -0.2) is 4.79 Å². The van der Waals surface area contributed by atoms with E-state index in [2.05, 4.69) is 34.9 Å². The quantitative estimate of drug-likeness (QED) is 0.908. The molecule has 0 aromatic heterocycles. The van der Waals surface area contributed by atoms with E-state index < -0.39 is 12.1 Å². The summed E-state index contributed by atoms with van der Waals surface area (Å²) in [6.07, 6.45) is -0.590. The van der Waals surface area contributed by atoms with E-state index in [1.807, 2.05) is 24.3 Å². The number of fused-ring (bicyclic) bond motifs is 3. The molecule has 1 atom stereocenters. The van der Waals surface area contributed by atoms with Crippen molar-refractivity contribution in [2.45, 2.75) is 18.9 Å². The van der Waals surface area contributed by atoms with Crippen LogP contribution in [0.1, 0.15) is 24.0 Å². The van der Waals surface area contributed by atoms with Gasteiger partial charge in [-0.2, -0.15) is 0 Å². The molecule has 2 aromatic carbocycles. The molecule has 0 fully saturated rings. The van der Waals surface area contributed by atoms with Gasteiger partial charge in [-0.1, -0.05) is 48.5 Å². The SMILES string of the molecule is CNC(=O)[C@H](C)NC(=O)OCC1c2ccccc2-c2ccccc21. The van der Waals surface area contributed by atoms with Crippen LogP contribution in [-0.2, 0) is 9.53 Å². The van der Waals surface area contributed by atoms with E-state index in [4.69, 9.17) is 4.74 Å². The smallest absolute Gasteiger partial charge is 0.407 e. The molecule has 2 aromatic rings. The van der Waals surface area contributed by atoms with E-state index in [0.29, 0.717) is 0 Å². The van der Waals surface area contributed by atoms with Crippen LogP contribution in [0.25, 0.3) is 11.1 Å². The highest BCUT2D eigenvalue weighted by molar-refractivity contribution is 5.85. The van der Waals surface area contributed by atoms with Gasteiger partial charge in [-0.05, 0) is 29.2 Å². The van der Waals surface area contributed by atoms with Crippen molar-refractivity contribution in [3.8, 4) is 11.1 Å². The summed E-state index contributed by atoms with van der Waals surface area (Å²) in [4.78, 5) is 23.4. The maximum Gasteiger partial charge on any atom is 0.407 e. The van der Waals surface area contributed by atoms with Crippen molar-refractivity contribution >= 4 is 12.0 Å². The van der Waals surface area contributed by atoms with Crippen LogP contribution in [0.2, 0.25) is 0 Å². The number of hydrogen-bond donors (Lipinski definition) is 2. The highest BCUT2D eigenvalue weighted by Gasteiger charge is 2.29. The molecule has 24 heavy (non-hydrogen) atoms. The monoisotopic (exact) mass is 324 g/mol. The average molecular weight is 324 g/mol. The molecule has 2 amide bonds. The number of likely N-dealkylation sites (N-methyl/N-ethyl adjacent to an activating group) is 1. The summed E-state index contributed by atoms with van der Waals surface area (Å²) in [5.74, 6) is -0.248. The summed E-state index contributed by atoms with van der Waals surface area (Å²) < 4.78 is 5.37. The van der Waals surface area contributed by atoms with Gasteiger partial charge in [0, 0.05) is 13.0 Å². The Kier molecular flexibility index (Phi) is 4.51. The Bertz CT molecular complexity index is 727. The second kappa shape index (κ2) is 6.74. The van der Waals surface area contributed by atoms with Crippen LogP contribution in [0.4, 0.5) is 4.79 Å². The van der Waals surface area contributed by atoms with Crippen molar-refractivity contribution < 1.29 is 14.3 Å². The predicted molar refractivity (Wildman–Crippen MR) is 91.7 cm³/mol. The Morgan fingerprint density at radius 3 is 2.12 bits per heavy atom. The molecule has 0 saturated carbocycles. The molecule has 2 N–H and O–H groups in total. The molecule has 5 nitrogen and oxygen atoms in total. The molecule has 0 spiro atoms. The number of ether oxygens (including phenoxy) is 1. The molecular weight excluding hydrogens is 304 g/mol. The molecule has 3 rings (SSSR count). The molecular formula is C19H20N2O3. The van der Waals surface area contributed by atoms with Gasteiger partial charge < -0.3 is 15.4 Å². The lowest BCUT2D eigenvalue weighted by atomic mass is 9.98. The standard InChI is InChI=1S/C19H20N2O3/c1-12(18(22)20-2)21-19(23)24-11-17-15-9-5-3-7-13(15)14-8-4-6-10-16(14)17/h3-10,12,17H,11H2,1-2H3,(H,20,22)(H,21,23)/t12-/m0/s1. The first-order valence-electron chi connectivity index (χ1n) is 7.95. The number of rotatable bonds is 4. The summed E-state index contributed by atoms with van der Waals surface area (Å²) in [6, 6.07) is 15.7. The number of benzene rings is 2. The maximum atomic E-state index is 11.9. The zero-order valence-corrected chi connectivity index (χ0v) is 13.7. The fourth-order valence-electron chi connectivity index (χ4n) is 3.10. The number of nitrogens with one attached hydrogen (secondary N) is 2. The van der Waals surface area contributed by atoms with E-state index in [9.17, 15) is 9.59 Å². The fraction of sp³-hybridized carbons (Fsp3) is 0.263. The summed E-state index contributed by atoms with van der Waals surface area (Å²) in [5.41, 5.74) is 4.68. The first-order chi connectivity index (χ1) is 11.6. The molecule has 0 heterocycles. The van der Waals surface area contributed by atoms with Crippen molar-refractivity contribution in [2.24, 2.45) is 0 Å². The van der Waals surface area contributed by atoms with Crippen LogP contribution in [0.3, 0.4) is 0 Å². The molecule has 0 bridgehead atoms. The van der Waals surface area contributed by atoms with Gasteiger partial charge in [0.25, 0.3) is 0 Å². The van der Waals surface area contributed by atoms with Crippen molar-refractivity contribution in [3.05, 3.63) is 59.7 Å². The molecule has 0 saturated heterocycles. The average Bonchev–Trinajstić information content (AvgIpc) is 2.93. The van der Waals surface area contributed by atoms with Gasteiger partial charge >= 0.3 is 6.09 Å². The van der Waals surface area contributed by atoms with Gasteiger partial charge in [0.2, 0.25) is 5.91 Å². The third-order valence-electron chi connectivity index (χ3n) is 4.32. The Morgan fingerprint density at radius 2 is 1.58 bits per heavy atom. The normalized spacial score (nSPS) is 13.6. The van der Waals surface area contributed by atoms with Crippen molar-refractivity contribution in [1.29, 1.82) is 0 Å². The van der Waals surface area contributed by atoms with Crippen molar-refractivity contribution in [1.82, 2.24) is 10.6 Å². The Balaban J connectivity index is 1.72. The zero-order valence-electron chi connectivity index (χ0n) is 13.7. The molecule has 0 unspecified atom stereocenters. The highest BCUT2D eigenvalue weighted by atomic mass is 16.5. The lowest BCUT2D eigenvalue weighted by Gasteiger charge is -2.16. The van der Waals surface area contributed by atoms with Gasteiger partial charge in [-0.15, -0.1) is 0 Å². The molecule has 5 heteroatoms. The number of amides is 2. The number of carbonyl (C=O) groups excluding carboxylic acids is 2. The van der Waals surface area contributed by atoms with Crippen LogP contribution < -0.4 is 10.6 Å². The minimum Gasteiger partial charge on any atom is -0.449 e. The minimum absolute atomic E-state index is 0.0125. The zero-order chi connectivity index (χ0) is 17.1. The van der Waals surface area contributed by atoms with Gasteiger partial charge in [0.05, 0.1) is 0 Å². The van der Waals surface area contributed by atoms with E-state index >= 15 is 0 Å². The van der Waals surface area contributed by atoms with Crippen molar-refractivity contribution in [2.75, 3.05) is 13.7 Å². The van der Waals surface area contributed by atoms with Crippen LogP contribution >= 0.6 is 0 Å². The second-order valence-corrected chi connectivity index (χ2v) is 5.81. The topological polar surface area (TPSA) is 67.4 Å². The summed E-state index contributed by atoms with van der Waals surface area (Å²) >= 11 is 0. The number of alkyl carbamates (subject to hydrolysis) is 1. The van der Waals surface area contributed by atoms with Crippen LogP contribution in [-0.4, -0.2) is 31.7 Å². The third kappa shape index (κ3) is 2.97. The summed E-state index contributed by atoms with van der Waals surface area (Å²) in [5, 5.41) is 5.01. The van der Waals surface area contributed by atoms with Crippen LogP contribution in [0.5, 0.6) is 0 Å². The van der Waals surface area contributed by atoms with E-state index in [0.717, 1.165) is 11.1 Å². The minimum atomic E-state index is -0.634. The Labute approximate surface area is 141 Å². The molecule has 124 valence electrons. The van der Waals surface area contributed by atoms with Crippen LogP contribution in [0, 0.1) is 0 Å². The van der Waals surface area contributed by atoms with Crippen molar-refractivity contribution in [3.63, 3.8) is 0 Å². The largest absolute Gasteiger partial charge is 0.449 e. The van der Waals surface area contributed by atoms with Crippen LogP contribution in [0.15, 0.2) is 48.5 Å². The fourth-order valence-corrected chi connectivity index (χ4v) is 3.10. The summed E-state index contributed by atoms with van der Waals surface area (Å²) in [6.45, 7) is 1.85. The highest BCUT2D eigenvalue weighted by Crippen LogP contribution is 2.44. The summed E-state index contributed by atoms with van der Waals surface area (Å²) in [7, 11) is 1.53. The molecule has 1 aliphatic carbocycles. The second-order valence-electron chi connectivity index (χ2n) is 5.81. The maximum absolute atomic E-state index is 11.9. The first kappa shape index (κ1) is 16.1.